The Kier molecular flexibility index (Phi) is 5.65. The average molecular weight is 443 g/mol. The Morgan fingerprint density at radius 2 is 1.83 bits per heavy atom. The van der Waals surface area contributed by atoms with Crippen molar-refractivity contribution in [3.63, 3.8) is 0 Å². The van der Waals surface area contributed by atoms with Crippen LogP contribution in [0.4, 0.5) is 0 Å². The zero-order valence-corrected chi connectivity index (χ0v) is 18.8. The minimum absolute atomic E-state index is 0.119. The molecule has 2 aliphatic rings. The third-order valence-electron chi connectivity index (χ3n) is 5.41. The van der Waals surface area contributed by atoms with Gasteiger partial charge in [0.25, 0.3) is 5.89 Å². The molecule has 0 atom stereocenters. The fraction of sp³-hybridized carbons (Fsp3) is 0.333. The number of halogens is 2. The standard InChI is InChI=1S/C24H24Cl2N2O2/c1-24(2,3)15-12-16(14-8-5-4-6-9-14)21(29)17(13-15)23-27-22(28-30-23)20-18(25)10-7-11-19(20)26/h4-5,8,10,12-13,29H,6-7,9,11H2,1-3H3. The topological polar surface area (TPSA) is 59.2 Å². The molecule has 4 rings (SSSR count). The van der Waals surface area contributed by atoms with E-state index in [0.717, 1.165) is 36.0 Å². The van der Waals surface area contributed by atoms with Gasteiger partial charge in [0.2, 0.25) is 5.82 Å². The van der Waals surface area contributed by atoms with Gasteiger partial charge in [0, 0.05) is 15.6 Å². The number of aromatic hydroxyl groups is 1. The van der Waals surface area contributed by atoms with Gasteiger partial charge < -0.3 is 9.63 Å². The van der Waals surface area contributed by atoms with Crippen molar-refractivity contribution in [3.05, 3.63) is 63.5 Å². The lowest BCUT2D eigenvalue weighted by Gasteiger charge is -2.23. The molecule has 0 unspecified atom stereocenters. The second kappa shape index (κ2) is 8.09. The number of benzene rings is 1. The van der Waals surface area contributed by atoms with Crippen LogP contribution in [0.5, 0.6) is 5.75 Å². The van der Waals surface area contributed by atoms with Gasteiger partial charge in [-0.15, -0.1) is 0 Å². The molecular formula is C24H24Cl2N2O2. The summed E-state index contributed by atoms with van der Waals surface area (Å²) in [5, 5.41) is 16.4. The lowest BCUT2D eigenvalue weighted by atomic mass is 9.82. The summed E-state index contributed by atoms with van der Waals surface area (Å²) in [7, 11) is 0. The minimum Gasteiger partial charge on any atom is -0.506 e. The van der Waals surface area contributed by atoms with Crippen LogP contribution >= 0.6 is 23.2 Å². The van der Waals surface area contributed by atoms with Crippen LogP contribution in [0.15, 0.2) is 51.0 Å². The van der Waals surface area contributed by atoms with E-state index in [-0.39, 0.29) is 17.1 Å². The van der Waals surface area contributed by atoms with Crippen LogP contribution in [-0.4, -0.2) is 15.2 Å². The molecule has 0 saturated carbocycles. The first kappa shape index (κ1) is 21.0. The van der Waals surface area contributed by atoms with E-state index in [1.54, 1.807) is 0 Å². The predicted molar refractivity (Wildman–Crippen MR) is 122 cm³/mol. The number of phenolic OH excluding ortho intramolecular Hbond substituents is 1. The second-order valence-electron chi connectivity index (χ2n) is 8.62. The number of rotatable bonds is 3. The molecule has 1 heterocycles. The normalized spacial score (nSPS) is 17.2. The lowest BCUT2D eigenvalue weighted by Crippen LogP contribution is -2.12. The Labute approximate surface area is 186 Å². The molecule has 1 N–H and O–H groups in total. The van der Waals surface area contributed by atoms with Gasteiger partial charge in [-0.05, 0) is 54.4 Å². The monoisotopic (exact) mass is 442 g/mol. The highest BCUT2D eigenvalue weighted by molar-refractivity contribution is 6.42. The summed E-state index contributed by atoms with van der Waals surface area (Å²) in [4.78, 5) is 4.54. The molecule has 1 aromatic carbocycles. The van der Waals surface area contributed by atoms with Crippen LogP contribution in [0.25, 0.3) is 22.6 Å². The van der Waals surface area contributed by atoms with Crippen molar-refractivity contribution >= 4 is 34.3 Å². The zero-order chi connectivity index (χ0) is 21.5. The van der Waals surface area contributed by atoms with Gasteiger partial charge in [-0.2, -0.15) is 4.98 Å². The third-order valence-corrected chi connectivity index (χ3v) is 6.13. The molecule has 1 aromatic heterocycles. The Bertz CT molecular complexity index is 1110. The highest BCUT2D eigenvalue weighted by Crippen LogP contribution is 2.42. The van der Waals surface area contributed by atoms with Gasteiger partial charge in [-0.3, -0.25) is 0 Å². The van der Waals surface area contributed by atoms with Gasteiger partial charge in [0.05, 0.1) is 11.1 Å². The van der Waals surface area contributed by atoms with Gasteiger partial charge >= 0.3 is 0 Å². The molecule has 4 nitrogen and oxygen atoms in total. The Hall–Kier alpha value is -2.30. The molecule has 0 aliphatic heterocycles. The van der Waals surface area contributed by atoms with E-state index in [2.05, 4.69) is 43.1 Å². The number of allylic oxidation sites excluding steroid dienone is 8. The molecule has 156 valence electrons. The van der Waals surface area contributed by atoms with E-state index in [4.69, 9.17) is 27.7 Å². The number of nitrogens with zero attached hydrogens (tertiary/aromatic N) is 2. The molecule has 0 spiro atoms. The summed E-state index contributed by atoms with van der Waals surface area (Å²) in [6.45, 7) is 6.41. The number of phenols is 1. The molecule has 0 radical (unpaired) electrons. The summed E-state index contributed by atoms with van der Waals surface area (Å²) < 4.78 is 5.56. The van der Waals surface area contributed by atoms with Gasteiger partial charge in [-0.1, -0.05) is 73.4 Å². The number of aromatic nitrogens is 2. The first-order chi connectivity index (χ1) is 14.3. The van der Waals surface area contributed by atoms with Gasteiger partial charge in [0.15, 0.2) is 0 Å². The Morgan fingerprint density at radius 3 is 2.50 bits per heavy atom. The van der Waals surface area contributed by atoms with E-state index in [1.807, 2.05) is 24.3 Å². The van der Waals surface area contributed by atoms with Gasteiger partial charge in [-0.25, -0.2) is 0 Å². The van der Waals surface area contributed by atoms with E-state index in [9.17, 15) is 5.11 Å². The number of hydrogen-bond donors (Lipinski definition) is 1. The lowest BCUT2D eigenvalue weighted by molar-refractivity contribution is 0.421. The van der Waals surface area contributed by atoms with Crippen molar-refractivity contribution in [1.82, 2.24) is 10.1 Å². The van der Waals surface area contributed by atoms with Crippen LogP contribution < -0.4 is 0 Å². The van der Waals surface area contributed by atoms with Crippen molar-refractivity contribution < 1.29 is 9.63 Å². The fourth-order valence-corrected chi connectivity index (χ4v) is 4.30. The van der Waals surface area contributed by atoms with Crippen LogP contribution in [0.2, 0.25) is 0 Å². The van der Waals surface area contributed by atoms with Crippen LogP contribution in [-0.2, 0) is 5.41 Å². The maximum atomic E-state index is 11.1. The molecule has 0 amide bonds. The van der Waals surface area contributed by atoms with Crippen LogP contribution in [0, 0.1) is 0 Å². The quantitative estimate of drug-likeness (QED) is 0.539. The highest BCUT2D eigenvalue weighted by Gasteiger charge is 2.26. The highest BCUT2D eigenvalue weighted by atomic mass is 35.5. The largest absolute Gasteiger partial charge is 0.506 e. The molecule has 0 saturated heterocycles. The SMILES string of the molecule is CC(C)(C)c1cc(C2=CC=CCC2)c(O)c(-c2nc(C3=C(Cl)CCC=C3Cl)no2)c1. The smallest absolute Gasteiger partial charge is 0.262 e. The van der Waals surface area contributed by atoms with Crippen LogP contribution in [0.3, 0.4) is 0 Å². The summed E-state index contributed by atoms with van der Waals surface area (Å²) in [5.74, 6) is 0.719. The summed E-state index contributed by atoms with van der Waals surface area (Å²) >= 11 is 12.7. The molecular weight excluding hydrogens is 419 g/mol. The predicted octanol–water partition coefficient (Wildman–Crippen LogP) is 7.34. The van der Waals surface area contributed by atoms with Crippen molar-refractivity contribution in [2.75, 3.05) is 0 Å². The van der Waals surface area contributed by atoms with Crippen LogP contribution in [0.1, 0.15) is 63.4 Å². The second-order valence-corrected chi connectivity index (χ2v) is 9.49. The summed E-state index contributed by atoms with van der Waals surface area (Å²) in [6.07, 6.45) is 11.4. The first-order valence-electron chi connectivity index (χ1n) is 10.1. The Balaban J connectivity index is 1.85. The van der Waals surface area contributed by atoms with Crippen molar-refractivity contribution in [1.29, 1.82) is 0 Å². The summed E-state index contributed by atoms with van der Waals surface area (Å²) in [6, 6.07) is 3.98. The molecule has 6 heteroatoms. The maximum Gasteiger partial charge on any atom is 0.262 e. The van der Waals surface area contributed by atoms with Crippen molar-refractivity contribution in [2.45, 2.75) is 51.9 Å². The van der Waals surface area contributed by atoms with E-state index in [1.165, 1.54) is 0 Å². The molecule has 2 aromatic rings. The molecule has 0 bridgehead atoms. The zero-order valence-electron chi connectivity index (χ0n) is 17.3. The minimum atomic E-state index is -0.119. The van der Waals surface area contributed by atoms with E-state index in [0.29, 0.717) is 33.4 Å². The number of hydrogen-bond acceptors (Lipinski definition) is 4. The van der Waals surface area contributed by atoms with E-state index < -0.39 is 0 Å². The fourth-order valence-electron chi connectivity index (χ4n) is 3.65. The average Bonchev–Trinajstić information content (AvgIpc) is 3.17. The van der Waals surface area contributed by atoms with Crippen molar-refractivity contribution in [2.24, 2.45) is 0 Å². The van der Waals surface area contributed by atoms with Crippen molar-refractivity contribution in [3.8, 4) is 17.2 Å². The summed E-state index contributed by atoms with van der Waals surface area (Å²) in [5.41, 5.74) is 3.95. The molecule has 30 heavy (non-hydrogen) atoms. The molecule has 0 fully saturated rings. The Morgan fingerprint density at radius 1 is 1.07 bits per heavy atom. The third kappa shape index (κ3) is 3.99. The first-order valence-corrected chi connectivity index (χ1v) is 10.8. The van der Waals surface area contributed by atoms with E-state index >= 15 is 0 Å². The maximum absolute atomic E-state index is 11.1. The molecule has 2 aliphatic carbocycles. The van der Waals surface area contributed by atoms with Gasteiger partial charge in [0.1, 0.15) is 5.75 Å².